The second kappa shape index (κ2) is 12.5. The minimum atomic E-state index is -0.512. The first-order valence-electron chi connectivity index (χ1n) is 11.0. The lowest BCUT2D eigenvalue weighted by Gasteiger charge is -2.23. The molecule has 8 heteroatoms. The van der Waals surface area contributed by atoms with Crippen LogP contribution in [0.2, 0.25) is 0 Å². The zero-order valence-corrected chi connectivity index (χ0v) is 18.8. The highest BCUT2D eigenvalue weighted by molar-refractivity contribution is 5.79. The van der Waals surface area contributed by atoms with Gasteiger partial charge in [-0.25, -0.2) is 4.79 Å². The van der Waals surface area contributed by atoms with Crippen LogP contribution in [0.5, 0.6) is 0 Å². The van der Waals surface area contributed by atoms with Crippen LogP contribution in [-0.2, 0) is 15.9 Å². The van der Waals surface area contributed by atoms with Gasteiger partial charge in [0.1, 0.15) is 11.4 Å². The lowest BCUT2D eigenvalue weighted by molar-refractivity contribution is 0.0500. The molecule has 0 aliphatic heterocycles. The van der Waals surface area contributed by atoms with Gasteiger partial charge < -0.3 is 29.8 Å². The highest BCUT2D eigenvalue weighted by Gasteiger charge is 2.33. The number of furan rings is 1. The summed E-state index contributed by atoms with van der Waals surface area (Å²) in [5.41, 5.74) is -0.512. The largest absolute Gasteiger partial charge is 0.469 e. The minimum absolute atomic E-state index is 0.0213. The summed E-state index contributed by atoms with van der Waals surface area (Å²) in [6, 6.07) is 3.83. The third-order valence-corrected chi connectivity index (χ3v) is 4.55. The second-order valence-electron chi connectivity index (χ2n) is 8.51. The molecule has 1 fully saturated rings. The van der Waals surface area contributed by atoms with Crippen LogP contribution in [0.1, 0.15) is 52.7 Å². The number of ether oxygens (including phenoxy) is 2. The number of aliphatic imine (C=N–C) groups is 1. The van der Waals surface area contributed by atoms with Crippen LogP contribution in [0.4, 0.5) is 4.79 Å². The molecule has 1 saturated carbocycles. The van der Waals surface area contributed by atoms with Gasteiger partial charge in [-0.05, 0) is 65.0 Å². The van der Waals surface area contributed by atoms with E-state index in [1.165, 1.54) is 0 Å². The molecule has 0 bridgehead atoms. The Morgan fingerprint density at radius 2 is 2.07 bits per heavy atom. The zero-order valence-electron chi connectivity index (χ0n) is 18.8. The summed E-state index contributed by atoms with van der Waals surface area (Å²) in [4.78, 5) is 16.9. The van der Waals surface area contributed by atoms with Gasteiger partial charge in [0.2, 0.25) is 0 Å². The molecule has 2 rings (SSSR count). The zero-order chi connectivity index (χ0) is 21.8. The molecule has 0 aromatic carbocycles. The van der Waals surface area contributed by atoms with Gasteiger partial charge >= 0.3 is 6.09 Å². The Morgan fingerprint density at radius 1 is 1.30 bits per heavy atom. The molecule has 3 N–H and O–H groups in total. The SMILES string of the molecule is CCOCCCNC(=NCC(NC(=O)OC(C)(C)C)C1CC1)NCCc1ccco1. The van der Waals surface area contributed by atoms with Crippen LogP contribution >= 0.6 is 0 Å². The Hall–Kier alpha value is -2.22. The lowest BCUT2D eigenvalue weighted by Crippen LogP contribution is -2.44. The number of guanidine groups is 1. The molecule has 30 heavy (non-hydrogen) atoms. The summed E-state index contributed by atoms with van der Waals surface area (Å²) >= 11 is 0. The van der Waals surface area contributed by atoms with E-state index in [0.717, 1.165) is 50.6 Å². The first kappa shape index (κ1) is 24.1. The number of carbonyl (C=O) groups excluding carboxylic acids is 1. The number of alkyl carbamates (subject to hydrolysis) is 1. The molecular weight excluding hydrogens is 384 g/mol. The van der Waals surface area contributed by atoms with Crippen LogP contribution in [0.15, 0.2) is 27.8 Å². The second-order valence-corrected chi connectivity index (χ2v) is 8.51. The molecule has 1 aliphatic rings. The van der Waals surface area contributed by atoms with Crippen LogP contribution in [0, 0.1) is 5.92 Å². The highest BCUT2D eigenvalue weighted by atomic mass is 16.6. The van der Waals surface area contributed by atoms with Crippen molar-refractivity contribution in [3.8, 4) is 0 Å². The van der Waals surface area contributed by atoms with E-state index in [1.54, 1.807) is 6.26 Å². The fourth-order valence-corrected chi connectivity index (χ4v) is 2.92. The Morgan fingerprint density at radius 3 is 2.70 bits per heavy atom. The molecule has 0 radical (unpaired) electrons. The maximum absolute atomic E-state index is 12.2. The summed E-state index contributed by atoms with van der Waals surface area (Å²) in [6.45, 7) is 11.0. The third-order valence-electron chi connectivity index (χ3n) is 4.55. The third kappa shape index (κ3) is 10.5. The van der Waals surface area contributed by atoms with Gasteiger partial charge in [0.25, 0.3) is 0 Å². The number of nitrogens with zero attached hydrogens (tertiary/aromatic N) is 1. The molecular formula is C22H38N4O4. The molecule has 0 spiro atoms. The average Bonchev–Trinajstić information content (AvgIpc) is 3.39. The van der Waals surface area contributed by atoms with Gasteiger partial charge in [0.05, 0.1) is 18.8 Å². The maximum atomic E-state index is 12.2. The molecule has 1 atom stereocenters. The molecule has 8 nitrogen and oxygen atoms in total. The van der Waals surface area contributed by atoms with E-state index in [2.05, 4.69) is 16.0 Å². The van der Waals surface area contributed by atoms with E-state index in [9.17, 15) is 4.79 Å². The van der Waals surface area contributed by atoms with Crippen molar-refractivity contribution in [3.05, 3.63) is 24.2 Å². The first-order valence-corrected chi connectivity index (χ1v) is 11.0. The van der Waals surface area contributed by atoms with Gasteiger partial charge in [-0.15, -0.1) is 0 Å². The summed E-state index contributed by atoms with van der Waals surface area (Å²) in [7, 11) is 0. The maximum Gasteiger partial charge on any atom is 0.407 e. The number of rotatable bonds is 12. The Balaban J connectivity index is 1.87. The molecule has 1 heterocycles. The molecule has 1 aromatic rings. The van der Waals surface area contributed by atoms with E-state index in [0.29, 0.717) is 25.6 Å². The number of nitrogens with one attached hydrogen (secondary N) is 3. The van der Waals surface area contributed by atoms with E-state index in [1.807, 2.05) is 39.8 Å². The fraction of sp³-hybridized carbons (Fsp3) is 0.727. The van der Waals surface area contributed by atoms with Gasteiger partial charge in [-0.2, -0.15) is 0 Å². The number of hydrogen-bond donors (Lipinski definition) is 3. The molecule has 1 amide bonds. The highest BCUT2D eigenvalue weighted by Crippen LogP contribution is 2.33. The molecule has 1 aliphatic carbocycles. The standard InChI is InChI=1S/C22H38N4O4/c1-5-28-14-7-12-23-20(24-13-11-18-8-6-15-29-18)25-16-19(17-9-10-17)26-21(27)30-22(2,3)4/h6,8,15,17,19H,5,7,9-14,16H2,1-4H3,(H,26,27)(H2,23,24,25). The quantitative estimate of drug-likeness (QED) is 0.272. The van der Waals surface area contributed by atoms with Crippen molar-refractivity contribution in [2.24, 2.45) is 10.9 Å². The Bertz CT molecular complexity index is 636. The fourth-order valence-electron chi connectivity index (χ4n) is 2.92. The lowest BCUT2D eigenvalue weighted by atomic mass is 10.2. The van der Waals surface area contributed by atoms with Crippen LogP contribution in [0.3, 0.4) is 0 Å². The van der Waals surface area contributed by atoms with E-state index in [-0.39, 0.29) is 12.1 Å². The van der Waals surface area contributed by atoms with Crippen molar-refractivity contribution in [2.75, 3.05) is 32.8 Å². The topological polar surface area (TPSA) is 97.1 Å². The molecule has 1 aromatic heterocycles. The van der Waals surface area contributed by atoms with Crippen molar-refractivity contribution in [1.82, 2.24) is 16.0 Å². The molecule has 0 saturated heterocycles. The monoisotopic (exact) mass is 422 g/mol. The van der Waals surface area contributed by atoms with E-state index < -0.39 is 5.60 Å². The molecule has 170 valence electrons. The number of amides is 1. The minimum Gasteiger partial charge on any atom is -0.469 e. The average molecular weight is 423 g/mol. The summed E-state index contributed by atoms with van der Waals surface area (Å²) in [5.74, 6) is 2.12. The van der Waals surface area contributed by atoms with Gasteiger partial charge in [0, 0.05) is 32.7 Å². The van der Waals surface area contributed by atoms with E-state index in [4.69, 9.17) is 18.9 Å². The van der Waals surface area contributed by atoms with Crippen LogP contribution in [0.25, 0.3) is 0 Å². The molecule has 1 unspecified atom stereocenters. The Labute approximate surface area is 180 Å². The van der Waals surface area contributed by atoms with Gasteiger partial charge in [0.15, 0.2) is 5.96 Å². The normalized spacial score (nSPS) is 15.5. The van der Waals surface area contributed by atoms with Gasteiger partial charge in [-0.1, -0.05) is 0 Å². The van der Waals surface area contributed by atoms with Crippen molar-refractivity contribution in [1.29, 1.82) is 0 Å². The van der Waals surface area contributed by atoms with Crippen molar-refractivity contribution in [2.45, 2.75) is 65.0 Å². The predicted molar refractivity (Wildman–Crippen MR) is 118 cm³/mol. The first-order chi connectivity index (χ1) is 14.4. The smallest absolute Gasteiger partial charge is 0.407 e. The van der Waals surface area contributed by atoms with Crippen molar-refractivity contribution < 1.29 is 18.7 Å². The Kier molecular flexibility index (Phi) is 10.00. The number of carbonyl (C=O) groups is 1. The van der Waals surface area contributed by atoms with Crippen LogP contribution in [-0.4, -0.2) is 56.5 Å². The van der Waals surface area contributed by atoms with Crippen molar-refractivity contribution in [3.63, 3.8) is 0 Å². The van der Waals surface area contributed by atoms with Crippen molar-refractivity contribution >= 4 is 12.1 Å². The van der Waals surface area contributed by atoms with E-state index >= 15 is 0 Å². The van der Waals surface area contributed by atoms with Crippen LogP contribution < -0.4 is 16.0 Å². The number of hydrogen-bond acceptors (Lipinski definition) is 5. The summed E-state index contributed by atoms with van der Waals surface area (Å²) in [6.07, 6.45) is 5.19. The van der Waals surface area contributed by atoms with Gasteiger partial charge in [-0.3, -0.25) is 4.99 Å². The summed E-state index contributed by atoms with van der Waals surface area (Å²) < 4.78 is 16.2. The predicted octanol–water partition coefficient (Wildman–Crippen LogP) is 3.09. The summed E-state index contributed by atoms with van der Waals surface area (Å²) in [5, 5.41) is 9.69.